The van der Waals surface area contributed by atoms with Crippen molar-refractivity contribution in [3.63, 3.8) is 0 Å². The zero-order valence-corrected chi connectivity index (χ0v) is 13.1. The van der Waals surface area contributed by atoms with Gasteiger partial charge >= 0.3 is 0 Å². The minimum atomic E-state index is 0.536. The second-order valence-electron chi connectivity index (χ2n) is 4.25. The summed E-state index contributed by atoms with van der Waals surface area (Å²) in [4.78, 5) is 4.60. The van der Waals surface area contributed by atoms with Crippen LogP contribution in [0.3, 0.4) is 0 Å². The zero-order chi connectivity index (χ0) is 13.6. The summed E-state index contributed by atoms with van der Waals surface area (Å²) in [5.41, 5.74) is 3.84. The number of hydrogen-bond donors (Lipinski definition) is 0. The van der Waals surface area contributed by atoms with Crippen molar-refractivity contribution in [1.29, 1.82) is 0 Å². The monoisotopic (exact) mass is 354 g/mol. The fourth-order valence-electron chi connectivity index (χ4n) is 1.96. The van der Waals surface area contributed by atoms with E-state index in [4.69, 9.17) is 23.2 Å². The fourth-order valence-corrected chi connectivity index (χ4v) is 2.58. The summed E-state index contributed by atoms with van der Waals surface area (Å²) < 4.78 is 3.10. The van der Waals surface area contributed by atoms with Crippen LogP contribution >= 0.6 is 39.1 Å². The Kier molecular flexibility index (Phi) is 3.29. The smallest absolute Gasteiger partial charge is 0.137 e. The number of halogens is 3. The molecule has 2 nitrogen and oxygen atoms in total. The van der Waals surface area contributed by atoms with E-state index in [2.05, 4.69) is 20.9 Å². The minimum absolute atomic E-state index is 0.536. The van der Waals surface area contributed by atoms with Crippen molar-refractivity contribution >= 4 is 44.8 Å². The molecule has 0 aliphatic carbocycles. The Morgan fingerprint density at radius 1 is 1.11 bits per heavy atom. The van der Waals surface area contributed by atoms with Crippen LogP contribution in [0.4, 0.5) is 0 Å². The molecule has 1 aromatic carbocycles. The highest BCUT2D eigenvalue weighted by Gasteiger charge is 2.09. The third-order valence-corrected chi connectivity index (χ3v) is 4.61. The van der Waals surface area contributed by atoms with Gasteiger partial charge in [-0.2, -0.15) is 0 Å². The van der Waals surface area contributed by atoms with Crippen molar-refractivity contribution in [3.8, 4) is 11.3 Å². The molecule has 19 heavy (non-hydrogen) atoms. The van der Waals surface area contributed by atoms with Crippen molar-refractivity contribution < 1.29 is 0 Å². The van der Waals surface area contributed by atoms with E-state index in [-0.39, 0.29) is 0 Å². The summed E-state index contributed by atoms with van der Waals surface area (Å²) in [6, 6.07) is 9.50. The topological polar surface area (TPSA) is 17.3 Å². The molecule has 0 atom stereocenters. The number of aryl methyl sites for hydroxylation is 1. The van der Waals surface area contributed by atoms with E-state index >= 15 is 0 Å². The number of benzene rings is 1. The van der Waals surface area contributed by atoms with Gasteiger partial charge in [0.2, 0.25) is 0 Å². The Hall–Kier alpha value is -1.03. The molecule has 3 rings (SSSR count). The molecule has 2 heterocycles. The SMILES string of the molecule is Cc1c(Br)ccc2nc(-c3ccc(Cl)c(Cl)c3)cn12. The quantitative estimate of drug-likeness (QED) is 0.572. The van der Waals surface area contributed by atoms with E-state index in [1.165, 1.54) is 0 Å². The highest BCUT2D eigenvalue weighted by Crippen LogP contribution is 2.29. The third kappa shape index (κ3) is 2.27. The predicted octanol–water partition coefficient (Wildman–Crippen LogP) is 5.38. The molecule has 0 spiro atoms. The van der Waals surface area contributed by atoms with Gasteiger partial charge in [0.1, 0.15) is 5.65 Å². The molecule has 0 fully saturated rings. The average molecular weight is 356 g/mol. The Morgan fingerprint density at radius 2 is 1.89 bits per heavy atom. The van der Waals surface area contributed by atoms with Crippen LogP contribution in [0.25, 0.3) is 16.9 Å². The van der Waals surface area contributed by atoms with Crippen LogP contribution in [0.2, 0.25) is 10.0 Å². The van der Waals surface area contributed by atoms with Crippen molar-refractivity contribution in [2.45, 2.75) is 6.92 Å². The van der Waals surface area contributed by atoms with Gasteiger partial charge in [-0.1, -0.05) is 29.3 Å². The van der Waals surface area contributed by atoms with Gasteiger partial charge in [0, 0.05) is 21.9 Å². The lowest BCUT2D eigenvalue weighted by molar-refractivity contribution is 1.08. The second-order valence-corrected chi connectivity index (χ2v) is 5.92. The lowest BCUT2D eigenvalue weighted by atomic mass is 10.2. The van der Waals surface area contributed by atoms with Gasteiger partial charge in [-0.25, -0.2) is 4.98 Å². The summed E-state index contributed by atoms with van der Waals surface area (Å²) in [5, 5.41) is 1.09. The van der Waals surface area contributed by atoms with Crippen molar-refractivity contribution in [3.05, 3.63) is 56.7 Å². The number of rotatable bonds is 1. The molecule has 2 aromatic heterocycles. The van der Waals surface area contributed by atoms with Crippen molar-refractivity contribution in [2.24, 2.45) is 0 Å². The van der Waals surface area contributed by atoms with Gasteiger partial charge < -0.3 is 4.40 Å². The van der Waals surface area contributed by atoms with Gasteiger partial charge in [-0.15, -0.1) is 0 Å². The average Bonchev–Trinajstić information content (AvgIpc) is 2.82. The van der Waals surface area contributed by atoms with Crippen LogP contribution in [0.5, 0.6) is 0 Å². The van der Waals surface area contributed by atoms with Crippen molar-refractivity contribution in [2.75, 3.05) is 0 Å². The normalized spacial score (nSPS) is 11.2. The van der Waals surface area contributed by atoms with Crippen LogP contribution in [-0.2, 0) is 0 Å². The Morgan fingerprint density at radius 3 is 2.63 bits per heavy atom. The first-order chi connectivity index (χ1) is 9.06. The first kappa shape index (κ1) is 13.0. The molecule has 0 amide bonds. The molecule has 96 valence electrons. The lowest BCUT2D eigenvalue weighted by Gasteiger charge is -2.00. The Bertz CT molecular complexity index is 780. The Balaban J connectivity index is 2.20. The summed E-state index contributed by atoms with van der Waals surface area (Å²) in [7, 11) is 0. The van der Waals surface area contributed by atoms with Crippen LogP contribution in [0, 0.1) is 6.92 Å². The van der Waals surface area contributed by atoms with Crippen LogP contribution in [0.1, 0.15) is 5.69 Å². The van der Waals surface area contributed by atoms with E-state index in [0.717, 1.165) is 27.1 Å². The molecule has 0 N–H and O–H groups in total. The molecule has 3 aromatic rings. The molecule has 0 saturated heterocycles. The van der Waals surface area contributed by atoms with Gasteiger partial charge in [0.05, 0.1) is 15.7 Å². The maximum Gasteiger partial charge on any atom is 0.137 e. The molecule has 5 heteroatoms. The Labute approximate surface area is 129 Å². The second kappa shape index (κ2) is 4.82. The van der Waals surface area contributed by atoms with Gasteiger partial charge in [-0.05, 0) is 47.1 Å². The minimum Gasteiger partial charge on any atom is -0.303 e. The van der Waals surface area contributed by atoms with Gasteiger partial charge in [-0.3, -0.25) is 0 Å². The molecule has 0 aliphatic heterocycles. The van der Waals surface area contributed by atoms with Crippen LogP contribution in [0.15, 0.2) is 41.0 Å². The highest BCUT2D eigenvalue weighted by molar-refractivity contribution is 9.10. The molecular formula is C14H9BrCl2N2. The number of nitrogens with zero attached hydrogens (tertiary/aromatic N) is 2. The van der Waals surface area contributed by atoms with E-state index in [0.29, 0.717) is 10.0 Å². The van der Waals surface area contributed by atoms with E-state index < -0.39 is 0 Å². The number of imidazole rings is 1. The van der Waals surface area contributed by atoms with Crippen LogP contribution in [-0.4, -0.2) is 9.38 Å². The summed E-state index contributed by atoms with van der Waals surface area (Å²) >= 11 is 15.5. The summed E-state index contributed by atoms with van der Waals surface area (Å²) in [5.74, 6) is 0. The van der Waals surface area contributed by atoms with Gasteiger partial charge in [0.25, 0.3) is 0 Å². The molecule has 0 saturated carbocycles. The van der Waals surface area contributed by atoms with E-state index in [9.17, 15) is 0 Å². The van der Waals surface area contributed by atoms with Crippen molar-refractivity contribution in [1.82, 2.24) is 9.38 Å². The number of hydrogen-bond acceptors (Lipinski definition) is 1. The summed E-state index contributed by atoms with van der Waals surface area (Å²) in [6.45, 7) is 2.04. The molecule has 0 unspecified atom stereocenters. The molecular weight excluding hydrogens is 347 g/mol. The predicted molar refractivity (Wildman–Crippen MR) is 83.1 cm³/mol. The standard InChI is InChI=1S/C14H9BrCl2N2/c1-8-10(15)3-5-14-18-13(7-19(8)14)9-2-4-11(16)12(17)6-9/h2-7H,1H3. The molecule has 0 bridgehead atoms. The number of pyridine rings is 1. The fraction of sp³-hybridized carbons (Fsp3) is 0.0714. The first-order valence-electron chi connectivity index (χ1n) is 5.66. The third-order valence-electron chi connectivity index (χ3n) is 3.03. The molecule has 0 radical (unpaired) electrons. The van der Waals surface area contributed by atoms with E-state index in [1.54, 1.807) is 6.07 Å². The first-order valence-corrected chi connectivity index (χ1v) is 7.21. The zero-order valence-electron chi connectivity index (χ0n) is 9.99. The molecule has 0 aliphatic rings. The van der Waals surface area contributed by atoms with E-state index in [1.807, 2.05) is 41.8 Å². The van der Waals surface area contributed by atoms with Gasteiger partial charge in [0.15, 0.2) is 0 Å². The maximum absolute atomic E-state index is 6.04. The lowest BCUT2D eigenvalue weighted by Crippen LogP contribution is -1.89. The van der Waals surface area contributed by atoms with Crippen LogP contribution < -0.4 is 0 Å². The largest absolute Gasteiger partial charge is 0.303 e. The summed E-state index contributed by atoms with van der Waals surface area (Å²) in [6.07, 6.45) is 2.00. The number of aromatic nitrogens is 2. The number of fused-ring (bicyclic) bond motifs is 1. The maximum atomic E-state index is 6.04. The highest BCUT2D eigenvalue weighted by atomic mass is 79.9.